The molecule has 0 aliphatic carbocycles. The van der Waals surface area contributed by atoms with Gasteiger partial charge in [0, 0.05) is 16.9 Å². The first-order valence-corrected chi connectivity index (χ1v) is 8.28. The molecule has 1 fully saturated rings. The van der Waals surface area contributed by atoms with Crippen molar-refractivity contribution in [3.05, 3.63) is 0 Å². The van der Waals surface area contributed by atoms with E-state index in [-0.39, 0.29) is 17.3 Å². The Labute approximate surface area is 110 Å². The Kier molecular flexibility index (Phi) is 6.69. The van der Waals surface area contributed by atoms with Crippen LogP contribution in [0.2, 0.25) is 0 Å². The van der Waals surface area contributed by atoms with E-state index in [1.54, 1.807) is 0 Å². The second-order valence-electron chi connectivity index (χ2n) is 4.55. The molecule has 4 N–H and O–H groups in total. The van der Waals surface area contributed by atoms with Crippen molar-refractivity contribution in [1.82, 2.24) is 0 Å². The Hall–Kier alpha value is 0.0900. The van der Waals surface area contributed by atoms with Gasteiger partial charge in [0.1, 0.15) is 0 Å². The fraction of sp³-hybridized carbons (Fsp3) is 0.909. The molecule has 1 heterocycles. The van der Waals surface area contributed by atoms with Gasteiger partial charge in [-0.2, -0.15) is 0 Å². The maximum absolute atomic E-state index is 10.6. The fourth-order valence-electron chi connectivity index (χ4n) is 2.08. The molecular weight excluding hydrogens is 258 g/mol. The minimum absolute atomic E-state index is 0.0739. The van der Waals surface area contributed by atoms with E-state index < -0.39 is 6.10 Å². The van der Waals surface area contributed by atoms with Crippen molar-refractivity contribution < 1.29 is 15.0 Å². The fourth-order valence-corrected chi connectivity index (χ4v) is 5.65. The first kappa shape index (κ1) is 15.1. The van der Waals surface area contributed by atoms with Crippen molar-refractivity contribution in [3.8, 4) is 0 Å². The summed E-state index contributed by atoms with van der Waals surface area (Å²) in [6.45, 7) is -0.172. The van der Waals surface area contributed by atoms with Crippen LogP contribution in [0.15, 0.2) is 0 Å². The Morgan fingerprint density at radius 1 is 1.47 bits per heavy atom. The Balaban J connectivity index is 2.34. The second kappa shape index (κ2) is 7.51. The van der Waals surface area contributed by atoms with Gasteiger partial charge in [0.2, 0.25) is 5.91 Å². The minimum atomic E-state index is -0.627. The van der Waals surface area contributed by atoms with Crippen molar-refractivity contribution in [1.29, 1.82) is 0 Å². The zero-order valence-corrected chi connectivity index (χ0v) is 11.6. The smallest absolute Gasteiger partial charge is 0.217 e. The summed E-state index contributed by atoms with van der Waals surface area (Å²) in [5.74, 6) is 0.849. The standard InChI is InChI=1S/C11H21NO3S2/c12-10(15)3-1-2-4-11(5-6-16-17-11)7-9(14)8-13/h9,13-14H,1-8H2,(H2,12,15). The molecule has 0 aromatic carbocycles. The van der Waals surface area contributed by atoms with Crippen LogP contribution in [-0.4, -0.2) is 39.3 Å². The van der Waals surface area contributed by atoms with Gasteiger partial charge in [0.05, 0.1) is 12.7 Å². The zero-order chi connectivity index (χ0) is 12.7. The third-order valence-corrected chi connectivity index (χ3v) is 6.33. The number of amides is 1. The van der Waals surface area contributed by atoms with Crippen molar-refractivity contribution in [3.63, 3.8) is 0 Å². The molecule has 0 aromatic heterocycles. The number of carbonyl (C=O) groups is 1. The van der Waals surface area contributed by atoms with Crippen molar-refractivity contribution >= 4 is 27.5 Å². The van der Waals surface area contributed by atoms with Crippen LogP contribution >= 0.6 is 21.6 Å². The lowest BCUT2D eigenvalue weighted by Crippen LogP contribution is -2.29. The van der Waals surface area contributed by atoms with Crippen LogP contribution in [0.25, 0.3) is 0 Å². The normalized spacial score (nSPS) is 26.0. The molecule has 1 aliphatic rings. The van der Waals surface area contributed by atoms with Gasteiger partial charge in [-0.1, -0.05) is 28.0 Å². The molecule has 0 aromatic rings. The highest BCUT2D eigenvalue weighted by molar-refractivity contribution is 8.77. The number of primary amides is 1. The molecule has 2 unspecified atom stereocenters. The molecule has 0 saturated carbocycles. The first-order valence-electron chi connectivity index (χ1n) is 5.96. The van der Waals surface area contributed by atoms with E-state index in [1.165, 1.54) is 0 Å². The van der Waals surface area contributed by atoms with E-state index in [9.17, 15) is 9.90 Å². The molecule has 6 heteroatoms. The number of hydrogen-bond donors (Lipinski definition) is 3. The third-order valence-electron chi connectivity index (χ3n) is 3.00. The average Bonchev–Trinajstić information content (AvgIpc) is 2.73. The van der Waals surface area contributed by atoms with Crippen molar-refractivity contribution in [2.75, 3.05) is 12.4 Å². The molecule has 0 spiro atoms. The lowest BCUT2D eigenvalue weighted by Gasteiger charge is -2.29. The highest BCUT2D eigenvalue weighted by Gasteiger charge is 2.36. The number of rotatable bonds is 8. The number of carbonyl (C=O) groups excluding carboxylic acids is 1. The van der Waals surface area contributed by atoms with E-state index in [2.05, 4.69) is 0 Å². The van der Waals surface area contributed by atoms with Crippen molar-refractivity contribution in [2.45, 2.75) is 49.4 Å². The molecule has 100 valence electrons. The molecule has 4 nitrogen and oxygen atoms in total. The highest BCUT2D eigenvalue weighted by atomic mass is 33.1. The van der Waals surface area contributed by atoms with Gasteiger partial charge in [0.15, 0.2) is 0 Å². The van der Waals surface area contributed by atoms with E-state index in [0.717, 1.165) is 31.4 Å². The van der Waals surface area contributed by atoms with Crippen LogP contribution in [0.5, 0.6) is 0 Å². The number of hydrogen-bond acceptors (Lipinski definition) is 5. The van der Waals surface area contributed by atoms with Crippen molar-refractivity contribution in [2.24, 2.45) is 5.73 Å². The van der Waals surface area contributed by atoms with Crippen LogP contribution in [0.3, 0.4) is 0 Å². The summed E-state index contributed by atoms with van der Waals surface area (Å²) >= 11 is 0. The van der Waals surface area contributed by atoms with Crippen LogP contribution in [0.1, 0.15) is 38.5 Å². The zero-order valence-electron chi connectivity index (χ0n) is 9.93. The molecule has 0 bridgehead atoms. The Morgan fingerprint density at radius 2 is 2.24 bits per heavy atom. The maximum Gasteiger partial charge on any atom is 0.217 e. The summed E-state index contributed by atoms with van der Waals surface area (Å²) in [5, 5.41) is 18.5. The molecule has 2 atom stereocenters. The number of aliphatic hydroxyl groups excluding tert-OH is 2. The predicted molar refractivity (Wildman–Crippen MR) is 72.8 cm³/mol. The Bertz CT molecular complexity index is 245. The topological polar surface area (TPSA) is 83.6 Å². The minimum Gasteiger partial charge on any atom is -0.394 e. The van der Waals surface area contributed by atoms with Gasteiger partial charge in [-0.25, -0.2) is 0 Å². The van der Waals surface area contributed by atoms with Gasteiger partial charge in [-0.3, -0.25) is 4.79 Å². The van der Waals surface area contributed by atoms with E-state index >= 15 is 0 Å². The summed E-state index contributed by atoms with van der Waals surface area (Å²) in [4.78, 5) is 10.6. The predicted octanol–water partition coefficient (Wildman–Crippen LogP) is 1.30. The number of nitrogens with two attached hydrogens (primary N) is 1. The van der Waals surface area contributed by atoms with Gasteiger partial charge >= 0.3 is 0 Å². The van der Waals surface area contributed by atoms with Crippen LogP contribution in [0.4, 0.5) is 0 Å². The summed E-state index contributed by atoms with van der Waals surface area (Å²) in [6, 6.07) is 0. The summed E-state index contributed by atoms with van der Waals surface area (Å²) in [6.07, 6.45) is 4.27. The number of aliphatic hydroxyl groups is 2. The molecule has 1 amide bonds. The highest BCUT2D eigenvalue weighted by Crippen LogP contribution is 2.52. The molecule has 1 rings (SSSR count). The molecule has 1 aliphatic heterocycles. The van der Waals surface area contributed by atoms with E-state index in [1.807, 2.05) is 21.6 Å². The molecule has 0 radical (unpaired) electrons. The van der Waals surface area contributed by atoms with E-state index in [4.69, 9.17) is 10.8 Å². The average molecular weight is 279 g/mol. The summed E-state index contributed by atoms with van der Waals surface area (Å²) < 4.78 is 0.0739. The summed E-state index contributed by atoms with van der Waals surface area (Å²) in [7, 11) is 3.65. The first-order chi connectivity index (χ1) is 8.08. The summed E-state index contributed by atoms with van der Waals surface area (Å²) in [5.41, 5.74) is 5.10. The molecule has 1 saturated heterocycles. The van der Waals surface area contributed by atoms with Crippen LogP contribution in [-0.2, 0) is 4.79 Å². The van der Waals surface area contributed by atoms with E-state index in [0.29, 0.717) is 12.8 Å². The third kappa shape index (κ3) is 5.50. The van der Waals surface area contributed by atoms with Crippen LogP contribution < -0.4 is 5.73 Å². The second-order valence-corrected chi connectivity index (χ2v) is 7.44. The molecule has 17 heavy (non-hydrogen) atoms. The monoisotopic (exact) mass is 279 g/mol. The lowest BCUT2D eigenvalue weighted by molar-refractivity contribution is -0.118. The van der Waals surface area contributed by atoms with Gasteiger partial charge < -0.3 is 15.9 Å². The number of unbranched alkanes of at least 4 members (excludes halogenated alkanes) is 1. The SMILES string of the molecule is NC(=O)CCCCC1(CC(O)CO)CCSS1. The largest absolute Gasteiger partial charge is 0.394 e. The van der Waals surface area contributed by atoms with Crippen LogP contribution in [0, 0.1) is 0 Å². The van der Waals surface area contributed by atoms with Gasteiger partial charge in [-0.15, -0.1) is 0 Å². The maximum atomic E-state index is 10.6. The lowest BCUT2D eigenvalue weighted by atomic mass is 9.91. The van der Waals surface area contributed by atoms with Gasteiger partial charge in [-0.05, 0) is 25.7 Å². The Morgan fingerprint density at radius 3 is 2.76 bits per heavy atom. The quantitative estimate of drug-likeness (QED) is 0.461. The molecular formula is C11H21NO3S2. The van der Waals surface area contributed by atoms with Gasteiger partial charge in [0.25, 0.3) is 0 Å².